The number of rotatable bonds is 3. The molecule has 0 spiro atoms. The van der Waals surface area contributed by atoms with Gasteiger partial charge in [0.2, 0.25) is 0 Å². The van der Waals surface area contributed by atoms with Gasteiger partial charge in [0.05, 0.1) is 5.69 Å². The van der Waals surface area contributed by atoms with Crippen LogP contribution in [0.3, 0.4) is 0 Å². The summed E-state index contributed by atoms with van der Waals surface area (Å²) in [6.07, 6.45) is 1.17. The van der Waals surface area contributed by atoms with E-state index in [4.69, 9.17) is 11.2 Å². The third-order valence-electron chi connectivity index (χ3n) is 2.99. The SMILES string of the molecule is C#CC[C@H]1C[C@H](n2cccc2C(=O)C(F)(F)F)C(=O)O1. The molecule has 2 heterocycles. The lowest BCUT2D eigenvalue weighted by Crippen LogP contribution is -2.27. The van der Waals surface area contributed by atoms with Crippen LogP contribution in [0.25, 0.3) is 0 Å². The Kier molecular flexibility index (Phi) is 3.57. The molecular formula is C13H10F3NO3. The average Bonchev–Trinajstić information content (AvgIpc) is 2.93. The minimum Gasteiger partial charge on any atom is -0.460 e. The Morgan fingerprint density at radius 1 is 1.55 bits per heavy atom. The van der Waals surface area contributed by atoms with E-state index in [0.29, 0.717) is 0 Å². The van der Waals surface area contributed by atoms with Gasteiger partial charge in [-0.05, 0) is 12.1 Å². The molecule has 0 radical (unpaired) electrons. The van der Waals surface area contributed by atoms with Crippen LogP contribution in [0.15, 0.2) is 18.3 Å². The number of hydrogen-bond acceptors (Lipinski definition) is 3. The number of hydrogen-bond donors (Lipinski definition) is 0. The fraction of sp³-hybridized carbons (Fsp3) is 0.385. The number of cyclic esters (lactones) is 1. The molecule has 0 aliphatic carbocycles. The normalized spacial score (nSPS) is 22.4. The zero-order chi connectivity index (χ0) is 14.9. The summed E-state index contributed by atoms with van der Waals surface area (Å²) >= 11 is 0. The molecule has 1 saturated heterocycles. The van der Waals surface area contributed by atoms with Crippen LogP contribution in [0.1, 0.15) is 29.4 Å². The van der Waals surface area contributed by atoms with Gasteiger partial charge in [-0.2, -0.15) is 13.2 Å². The van der Waals surface area contributed by atoms with Crippen molar-refractivity contribution in [2.75, 3.05) is 0 Å². The van der Waals surface area contributed by atoms with Crippen LogP contribution in [0.4, 0.5) is 13.2 Å². The Hall–Kier alpha value is -2.23. The van der Waals surface area contributed by atoms with Crippen molar-refractivity contribution >= 4 is 11.8 Å². The van der Waals surface area contributed by atoms with E-state index in [9.17, 15) is 22.8 Å². The van der Waals surface area contributed by atoms with E-state index >= 15 is 0 Å². The predicted octanol–water partition coefficient (Wildman–Crippen LogP) is 2.11. The standard InChI is InChI=1S/C13H10F3NO3/c1-2-4-8-7-10(12(19)20-8)17-6-3-5-9(17)11(18)13(14,15)16/h1,3,5-6,8,10H,4,7H2/t8-,10-/m0/s1. The maximum atomic E-state index is 12.5. The lowest BCUT2D eigenvalue weighted by Gasteiger charge is -2.13. The second-order valence-corrected chi connectivity index (χ2v) is 4.35. The molecule has 2 rings (SSSR count). The highest BCUT2D eigenvalue weighted by Gasteiger charge is 2.43. The molecule has 1 fully saturated rings. The number of nitrogens with zero attached hydrogens (tertiary/aromatic N) is 1. The number of halogens is 3. The Morgan fingerprint density at radius 3 is 2.85 bits per heavy atom. The minimum absolute atomic E-state index is 0.149. The quantitative estimate of drug-likeness (QED) is 0.485. The number of esters is 1. The molecule has 0 saturated carbocycles. The zero-order valence-electron chi connectivity index (χ0n) is 10.2. The number of ether oxygens (including phenoxy) is 1. The Labute approximate surface area is 112 Å². The van der Waals surface area contributed by atoms with Crippen LogP contribution in [-0.4, -0.2) is 28.6 Å². The molecule has 1 aliphatic heterocycles. The summed E-state index contributed by atoms with van der Waals surface area (Å²) in [5.74, 6) is -0.349. The molecular weight excluding hydrogens is 275 g/mol. The van der Waals surface area contributed by atoms with E-state index in [2.05, 4.69) is 5.92 Å². The van der Waals surface area contributed by atoms with E-state index in [0.717, 1.165) is 10.6 Å². The second kappa shape index (κ2) is 5.04. The minimum atomic E-state index is -4.99. The molecule has 4 nitrogen and oxygen atoms in total. The maximum Gasteiger partial charge on any atom is 0.456 e. The number of terminal acetylenes is 1. The first-order valence-electron chi connectivity index (χ1n) is 5.77. The fourth-order valence-corrected chi connectivity index (χ4v) is 2.12. The van der Waals surface area contributed by atoms with E-state index in [-0.39, 0.29) is 12.8 Å². The first-order chi connectivity index (χ1) is 9.34. The van der Waals surface area contributed by atoms with Gasteiger partial charge in [-0.3, -0.25) is 4.79 Å². The molecule has 1 aromatic heterocycles. The third kappa shape index (κ3) is 2.54. The molecule has 1 aliphatic rings. The molecule has 2 atom stereocenters. The highest BCUT2D eigenvalue weighted by molar-refractivity contribution is 5.99. The van der Waals surface area contributed by atoms with Crippen molar-refractivity contribution in [2.24, 2.45) is 0 Å². The summed E-state index contributed by atoms with van der Waals surface area (Å²) in [6, 6.07) is 1.35. The van der Waals surface area contributed by atoms with Crippen LogP contribution in [0.2, 0.25) is 0 Å². The summed E-state index contributed by atoms with van der Waals surface area (Å²) in [5, 5.41) is 0. The average molecular weight is 285 g/mol. The van der Waals surface area contributed by atoms with Gasteiger partial charge in [0.1, 0.15) is 12.1 Å². The summed E-state index contributed by atoms with van der Waals surface area (Å²) in [7, 11) is 0. The molecule has 20 heavy (non-hydrogen) atoms. The summed E-state index contributed by atoms with van der Waals surface area (Å²) in [4.78, 5) is 23.0. The monoisotopic (exact) mass is 285 g/mol. The van der Waals surface area contributed by atoms with E-state index in [1.165, 1.54) is 12.3 Å². The highest BCUT2D eigenvalue weighted by Crippen LogP contribution is 2.31. The number of Topliss-reactive ketones (excluding diaryl/α,β-unsaturated/α-hetero) is 1. The predicted molar refractivity (Wildman–Crippen MR) is 61.8 cm³/mol. The van der Waals surface area contributed by atoms with Crippen molar-refractivity contribution in [3.8, 4) is 12.3 Å². The van der Waals surface area contributed by atoms with Gasteiger partial charge in [-0.1, -0.05) is 0 Å². The number of carbonyl (C=O) groups is 2. The maximum absolute atomic E-state index is 12.5. The van der Waals surface area contributed by atoms with Crippen LogP contribution < -0.4 is 0 Å². The number of aromatic nitrogens is 1. The van der Waals surface area contributed by atoms with Crippen molar-refractivity contribution in [3.05, 3.63) is 24.0 Å². The molecule has 0 bridgehead atoms. The molecule has 106 valence electrons. The molecule has 7 heteroatoms. The summed E-state index contributed by atoms with van der Waals surface area (Å²) in [5.41, 5.74) is -0.583. The Bertz CT molecular complexity index is 582. The van der Waals surface area contributed by atoms with Gasteiger partial charge in [0, 0.05) is 19.0 Å². The van der Waals surface area contributed by atoms with Crippen molar-refractivity contribution in [3.63, 3.8) is 0 Å². The van der Waals surface area contributed by atoms with Gasteiger partial charge < -0.3 is 9.30 Å². The van der Waals surface area contributed by atoms with E-state index < -0.39 is 35.8 Å². The topological polar surface area (TPSA) is 48.3 Å². The molecule has 1 aromatic rings. The molecule has 0 unspecified atom stereocenters. The number of ketones is 1. The van der Waals surface area contributed by atoms with Crippen LogP contribution in [0, 0.1) is 12.3 Å². The van der Waals surface area contributed by atoms with Gasteiger partial charge >= 0.3 is 12.1 Å². The van der Waals surface area contributed by atoms with Crippen LogP contribution in [0.5, 0.6) is 0 Å². The largest absolute Gasteiger partial charge is 0.460 e. The highest BCUT2D eigenvalue weighted by atomic mass is 19.4. The van der Waals surface area contributed by atoms with Gasteiger partial charge in [-0.15, -0.1) is 12.3 Å². The zero-order valence-corrected chi connectivity index (χ0v) is 10.2. The Morgan fingerprint density at radius 2 is 2.25 bits per heavy atom. The number of alkyl halides is 3. The van der Waals surface area contributed by atoms with E-state index in [1.807, 2.05) is 0 Å². The molecule has 0 N–H and O–H groups in total. The number of carbonyl (C=O) groups excluding carboxylic acids is 2. The van der Waals surface area contributed by atoms with Gasteiger partial charge in [-0.25, -0.2) is 4.79 Å². The Balaban J connectivity index is 2.28. The van der Waals surface area contributed by atoms with Crippen molar-refractivity contribution in [1.82, 2.24) is 4.57 Å². The van der Waals surface area contributed by atoms with Crippen LogP contribution >= 0.6 is 0 Å². The smallest absolute Gasteiger partial charge is 0.456 e. The third-order valence-corrected chi connectivity index (χ3v) is 2.99. The first kappa shape index (κ1) is 14.2. The van der Waals surface area contributed by atoms with Crippen molar-refractivity contribution in [2.45, 2.75) is 31.2 Å². The van der Waals surface area contributed by atoms with Gasteiger partial charge in [0.25, 0.3) is 5.78 Å². The lowest BCUT2D eigenvalue weighted by molar-refractivity contribution is -0.143. The molecule has 0 amide bonds. The molecule has 0 aromatic carbocycles. The van der Waals surface area contributed by atoms with E-state index in [1.54, 1.807) is 0 Å². The second-order valence-electron chi connectivity index (χ2n) is 4.35. The lowest BCUT2D eigenvalue weighted by atomic mass is 10.1. The summed E-state index contributed by atoms with van der Waals surface area (Å²) in [6.45, 7) is 0. The van der Waals surface area contributed by atoms with Crippen LogP contribution in [-0.2, 0) is 9.53 Å². The van der Waals surface area contributed by atoms with Crippen molar-refractivity contribution < 1.29 is 27.5 Å². The summed E-state index contributed by atoms with van der Waals surface area (Å²) < 4.78 is 43.4. The van der Waals surface area contributed by atoms with Crippen molar-refractivity contribution in [1.29, 1.82) is 0 Å². The first-order valence-corrected chi connectivity index (χ1v) is 5.77. The van der Waals surface area contributed by atoms with Gasteiger partial charge in [0.15, 0.2) is 0 Å². The fourth-order valence-electron chi connectivity index (χ4n) is 2.12.